The van der Waals surface area contributed by atoms with Crippen molar-refractivity contribution in [1.29, 1.82) is 0 Å². The van der Waals surface area contributed by atoms with E-state index in [-0.39, 0.29) is 29.5 Å². The maximum Gasteiger partial charge on any atom is 0.410 e. The zero-order valence-electron chi connectivity index (χ0n) is 19.8. The van der Waals surface area contributed by atoms with E-state index in [1.54, 1.807) is 28.0 Å². The van der Waals surface area contributed by atoms with E-state index in [2.05, 4.69) is 0 Å². The van der Waals surface area contributed by atoms with Crippen LogP contribution in [0.5, 0.6) is 0 Å². The molecule has 178 valence electrons. The van der Waals surface area contributed by atoms with Crippen molar-refractivity contribution < 1.29 is 22.7 Å². The molecular weight excluding hydrogens is 432 g/mol. The molecule has 9 nitrogen and oxygen atoms in total. The summed E-state index contributed by atoms with van der Waals surface area (Å²) in [4.78, 5) is 31.1. The largest absolute Gasteiger partial charge is 0.444 e. The summed E-state index contributed by atoms with van der Waals surface area (Å²) in [6.45, 7) is 9.86. The van der Waals surface area contributed by atoms with Crippen molar-refractivity contribution in [3.63, 3.8) is 0 Å². The maximum absolute atomic E-state index is 13.1. The Morgan fingerprint density at radius 1 is 1.16 bits per heavy atom. The number of anilines is 1. The molecule has 0 saturated carbocycles. The number of hydrogen-bond acceptors (Lipinski definition) is 6. The number of carbonyl (C=O) groups excluding carboxylic acids is 2. The number of benzene rings is 1. The Bertz CT molecular complexity index is 987. The van der Waals surface area contributed by atoms with Gasteiger partial charge in [-0.25, -0.2) is 17.5 Å². The van der Waals surface area contributed by atoms with Crippen molar-refractivity contribution in [3.8, 4) is 0 Å². The van der Waals surface area contributed by atoms with Crippen LogP contribution < -0.4 is 4.90 Å². The second-order valence-electron chi connectivity index (χ2n) is 9.63. The predicted octanol–water partition coefficient (Wildman–Crippen LogP) is 1.77. The summed E-state index contributed by atoms with van der Waals surface area (Å²) < 4.78 is 31.7. The van der Waals surface area contributed by atoms with Gasteiger partial charge < -0.3 is 14.5 Å². The average molecular weight is 467 g/mol. The fourth-order valence-electron chi connectivity index (χ4n) is 4.03. The minimum atomic E-state index is -3.57. The molecule has 2 amide bonds. The number of piperazine rings is 1. The average Bonchev–Trinajstić information content (AvgIpc) is 3.09. The standard InChI is InChI=1S/C22H34N4O5S/c1-16-14-24(11-12-25(16)21(28)31-22(2,3)4)15-20(27)26-10-9-17-7-8-18(13-19(17)26)32(29,30)23(5)6/h7-8,13,16H,9-12,14-15H2,1-6H3. The van der Waals surface area contributed by atoms with E-state index < -0.39 is 15.6 Å². The first-order valence-corrected chi connectivity index (χ1v) is 12.3. The summed E-state index contributed by atoms with van der Waals surface area (Å²) in [6.07, 6.45) is 0.366. The molecule has 1 unspecified atom stereocenters. The molecule has 3 rings (SSSR count). The highest BCUT2D eigenvalue weighted by molar-refractivity contribution is 7.89. The first-order valence-electron chi connectivity index (χ1n) is 10.9. The molecule has 0 aliphatic carbocycles. The summed E-state index contributed by atoms with van der Waals surface area (Å²) in [7, 11) is -0.595. The second-order valence-corrected chi connectivity index (χ2v) is 11.8. The Morgan fingerprint density at radius 2 is 1.84 bits per heavy atom. The number of sulfonamides is 1. The number of nitrogens with zero attached hydrogens (tertiary/aromatic N) is 4. The molecule has 0 bridgehead atoms. The number of rotatable bonds is 4. The first-order chi connectivity index (χ1) is 14.8. The Kier molecular flexibility index (Phi) is 6.88. The number of fused-ring (bicyclic) bond motifs is 1. The minimum absolute atomic E-state index is 0.0685. The molecule has 1 aromatic carbocycles. The highest BCUT2D eigenvalue weighted by atomic mass is 32.2. The highest BCUT2D eigenvalue weighted by Gasteiger charge is 2.33. The molecule has 0 spiro atoms. The lowest BCUT2D eigenvalue weighted by molar-refractivity contribution is -0.120. The lowest BCUT2D eigenvalue weighted by atomic mass is 10.1. The lowest BCUT2D eigenvalue weighted by Gasteiger charge is -2.40. The van der Waals surface area contributed by atoms with Gasteiger partial charge in [-0.05, 0) is 51.8 Å². The smallest absolute Gasteiger partial charge is 0.410 e. The minimum Gasteiger partial charge on any atom is -0.444 e. The number of hydrogen-bond donors (Lipinski definition) is 0. The number of amides is 2. The lowest BCUT2D eigenvalue weighted by Crippen LogP contribution is -2.56. The highest BCUT2D eigenvalue weighted by Crippen LogP contribution is 2.31. The van der Waals surface area contributed by atoms with Gasteiger partial charge in [0.1, 0.15) is 5.60 Å². The third kappa shape index (κ3) is 5.24. The van der Waals surface area contributed by atoms with E-state index in [1.165, 1.54) is 18.4 Å². The third-order valence-electron chi connectivity index (χ3n) is 5.73. The van der Waals surface area contributed by atoms with Crippen molar-refractivity contribution in [3.05, 3.63) is 23.8 Å². The van der Waals surface area contributed by atoms with E-state index in [4.69, 9.17) is 4.74 Å². The Labute approximate surface area is 190 Å². The van der Waals surface area contributed by atoms with Crippen LogP contribution >= 0.6 is 0 Å². The van der Waals surface area contributed by atoms with Gasteiger partial charge in [0.25, 0.3) is 0 Å². The molecule has 0 N–H and O–H groups in total. The van der Waals surface area contributed by atoms with E-state index in [9.17, 15) is 18.0 Å². The van der Waals surface area contributed by atoms with Crippen LogP contribution in [0.4, 0.5) is 10.5 Å². The zero-order chi connectivity index (χ0) is 23.8. The molecule has 0 radical (unpaired) electrons. The monoisotopic (exact) mass is 466 g/mol. The van der Waals surface area contributed by atoms with Gasteiger partial charge in [-0.3, -0.25) is 9.69 Å². The van der Waals surface area contributed by atoms with Crippen molar-refractivity contribution in [2.75, 3.05) is 51.7 Å². The molecule has 0 aromatic heterocycles. The fourth-order valence-corrected chi connectivity index (χ4v) is 4.96. The van der Waals surface area contributed by atoms with E-state index >= 15 is 0 Å². The molecule has 1 aromatic rings. The normalized spacial score (nSPS) is 19.9. The number of ether oxygens (including phenoxy) is 1. The molecule has 2 aliphatic heterocycles. The second kappa shape index (κ2) is 8.99. The van der Waals surface area contributed by atoms with Crippen LogP contribution in [0.2, 0.25) is 0 Å². The SMILES string of the molecule is CC1CN(CC(=O)N2CCc3ccc(S(=O)(=O)N(C)C)cc32)CCN1C(=O)OC(C)(C)C. The van der Waals surface area contributed by atoms with Crippen LogP contribution in [0, 0.1) is 0 Å². The molecule has 1 saturated heterocycles. The Balaban J connectivity index is 1.66. The molecule has 1 fully saturated rings. The quantitative estimate of drug-likeness (QED) is 0.672. The van der Waals surface area contributed by atoms with Gasteiger partial charge in [0.05, 0.1) is 11.4 Å². The Hall–Kier alpha value is -2.17. The molecular formula is C22H34N4O5S. The zero-order valence-corrected chi connectivity index (χ0v) is 20.6. The van der Waals surface area contributed by atoms with Gasteiger partial charge in [0, 0.05) is 52.0 Å². The van der Waals surface area contributed by atoms with Gasteiger partial charge in [-0.15, -0.1) is 0 Å². The summed E-state index contributed by atoms with van der Waals surface area (Å²) in [5, 5.41) is 0. The van der Waals surface area contributed by atoms with Crippen LogP contribution in [0.15, 0.2) is 23.1 Å². The van der Waals surface area contributed by atoms with Crippen molar-refractivity contribution in [2.24, 2.45) is 0 Å². The van der Waals surface area contributed by atoms with Crippen LogP contribution in [0.25, 0.3) is 0 Å². The van der Waals surface area contributed by atoms with Gasteiger partial charge >= 0.3 is 6.09 Å². The van der Waals surface area contributed by atoms with Crippen molar-refractivity contribution in [2.45, 2.75) is 50.7 Å². The summed E-state index contributed by atoms with van der Waals surface area (Å²) in [6, 6.07) is 4.91. The van der Waals surface area contributed by atoms with E-state index in [0.29, 0.717) is 38.3 Å². The first kappa shape index (κ1) is 24.5. The van der Waals surface area contributed by atoms with Gasteiger partial charge in [-0.2, -0.15) is 0 Å². The summed E-state index contributed by atoms with van der Waals surface area (Å²) in [5.41, 5.74) is 1.09. The summed E-state index contributed by atoms with van der Waals surface area (Å²) >= 11 is 0. The van der Waals surface area contributed by atoms with E-state index in [1.807, 2.05) is 32.6 Å². The van der Waals surface area contributed by atoms with Crippen LogP contribution in [0.1, 0.15) is 33.3 Å². The molecule has 1 atom stereocenters. The molecule has 2 aliphatic rings. The van der Waals surface area contributed by atoms with Crippen molar-refractivity contribution in [1.82, 2.24) is 14.1 Å². The topological polar surface area (TPSA) is 90.5 Å². The third-order valence-corrected chi connectivity index (χ3v) is 7.54. The van der Waals surface area contributed by atoms with E-state index in [0.717, 1.165) is 5.56 Å². The van der Waals surface area contributed by atoms with Crippen molar-refractivity contribution >= 4 is 27.7 Å². The molecule has 2 heterocycles. The predicted molar refractivity (Wildman–Crippen MR) is 122 cm³/mol. The maximum atomic E-state index is 13.1. The van der Waals surface area contributed by atoms with Gasteiger partial charge in [0.2, 0.25) is 15.9 Å². The van der Waals surface area contributed by atoms with Crippen LogP contribution in [-0.4, -0.2) is 93.0 Å². The van der Waals surface area contributed by atoms with Crippen LogP contribution in [-0.2, 0) is 26.0 Å². The Morgan fingerprint density at radius 3 is 2.44 bits per heavy atom. The van der Waals surface area contributed by atoms with Crippen LogP contribution in [0.3, 0.4) is 0 Å². The number of carbonyl (C=O) groups is 2. The molecule has 32 heavy (non-hydrogen) atoms. The summed E-state index contributed by atoms with van der Waals surface area (Å²) in [5.74, 6) is -0.0685. The fraction of sp³-hybridized carbons (Fsp3) is 0.636. The van der Waals surface area contributed by atoms with Gasteiger partial charge in [-0.1, -0.05) is 6.07 Å². The van der Waals surface area contributed by atoms with Gasteiger partial charge in [0.15, 0.2) is 0 Å². The molecule has 10 heteroatoms.